The second-order valence-electron chi connectivity index (χ2n) is 3.83. The van der Waals surface area contributed by atoms with Gasteiger partial charge in [0.2, 0.25) is 0 Å². The van der Waals surface area contributed by atoms with Gasteiger partial charge in [0.05, 0.1) is 5.56 Å². The van der Waals surface area contributed by atoms with Crippen molar-refractivity contribution < 1.29 is 9.18 Å². The third-order valence-electron chi connectivity index (χ3n) is 2.22. The van der Waals surface area contributed by atoms with Crippen molar-refractivity contribution in [1.82, 2.24) is 10.3 Å². The normalized spacial score (nSPS) is 12.2. The summed E-state index contributed by atoms with van der Waals surface area (Å²) in [6.45, 7) is 2.54. The van der Waals surface area contributed by atoms with E-state index >= 15 is 0 Å². The summed E-state index contributed by atoms with van der Waals surface area (Å²) in [4.78, 5) is 15.3. The second-order valence-corrected chi connectivity index (χ2v) is 4.74. The van der Waals surface area contributed by atoms with Crippen molar-refractivity contribution in [1.29, 1.82) is 0 Å². The summed E-state index contributed by atoms with van der Waals surface area (Å²) in [6, 6.07) is 1.32. The standard InChI is InChI=1S/C11H16FN3OS/c1-7(6-17-2)5-15-11(16)8-3-4-14-10(13)9(8)12/h3-4,7H,5-6H2,1-2H3,(H2,13,14)(H,15,16). The Balaban J connectivity index is 2.61. The topological polar surface area (TPSA) is 68.0 Å². The van der Waals surface area contributed by atoms with Crippen molar-refractivity contribution in [2.45, 2.75) is 6.92 Å². The Bertz CT molecular complexity index is 400. The zero-order valence-electron chi connectivity index (χ0n) is 9.87. The Morgan fingerprint density at radius 3 is 3.06 bits per heavy atom. The molecule has 1 atom stereocenters. The molecule has 0 saturated carbocycles. The molecule has 1 aromatic heterocycles. The minimum absolute atomic E-state index is 0.0612. The predicted octanol–water partition coefficient (Wildman–Crippen LogP) is 1.53. The van der Waals surface area contributed by atoms with Gasteiger partial charge in [-0.05, 0) is 24.0 Å². The molecule has 0 spiro atoms. The van der Waals surface area contributed by atoms with Gasteiger partial charge in [0.1, 0.15) is 0 Å². The largest absolute Gasteiger partial charge is 0.381 e. The van der Waals surface area contributed by atoms with Gasteiger partial charge in [0.15, 0.2) is 11.6 Å². The van der Waals surface area contributed by atoms with E-state index in [0.29, 0.717) is 12.5 Å². The van der Waals surface area contributed by atoms with E-state index in [1.807, 2.05) is 13.2 Å². The Kier molecular flexibility index (Phi) is 5.21. The zero-order chi connectivity index (χ0) is 12.8. The number of carbonyl (C=O) groups excluding carboxylic acids is 1. The summed E-state index contributed by atoms with van der Waals surface area (Å²) in [6.07, 6.45) is 3.32. The van der Waals surface area contributed by atoms with Crippen LogP contribution in [-0.2, 0) is 0 Å². The first-order valence-corrected chi connectivity index (χ1v) is 6.62. The van der Waals surface area contributed by atoms with E-state index in [2.05, 4.69) is 10.3 Å². The highest BCUT2D eigenvalue weighted by molar-refractivity contribution is 7.98. The molecule has 17 heavy (non-hydrogen) atoms. The Hall–Kier alpha value is -1.30. The highest BCUT2D eigenvalue weighted by atomic mass is 32.2. The van der Waals surface area contributed by atoms with Crippen molar-refractivity contribution in [2.75, 3.05) is 24.3 Å². The van der Waals surface area contributed by atoms with E-state index in [4.69, 9.17) is 5.73 Å². The van der Waals surface area contributed by atoms with E-state index in [9.17, 15) is 9.18 Å². The number of nitrogens with one attached hydrogen (secondary N) is 1. The number of hydrogen-bond acceptors (Lipinski definition) is 4. The first-order chi connectivity index (χ1) is 8.06. The van der Waals surface area contributed by atoms with Gasteiger partial charge in [-0.25, -0.2) is 9.37 Å². The van der Waals surface area contributed by atoms with E-state index in [1.54, 1.807) is 11.8 Å². The highest BCUT2D eigenvalue weighted by Crippen LogP contribution is 2.11. The van der Waals surface area contributed by atoms with Crippen LogP contribution in [0.4, 0.5) is 10.2 Å². The van der Waals surface area contributed by atoms with Crippen LogP contribution < -0.4 is 11.1 Å². The summed E-state index contributed by atoms with van der Waals surface area (Å²) >= 11 is 1.71. The van der Waals surface area contributed by atoms with Crippen molar-refractivity contribution in [3.8, 4) is 0 Å². The number of nitrogens with zero attached hydrogens (tertiary/aromatic N) is 1. The first kappa shape index (κ1) is 13.8. The fourth-order valence-corrected chi connectivity index (χ4v) is 2.03. The van der Waals surface area contributed by atoms with Crippen LogP contribution in [0.15, 0.2) is 12.3 Å². The molecule has 94 valence electrons. The molecule has 0 aliphatic carbocycles. The van der Waals surface area contributed by atoms with Gasteiger partial charge in [0.25, 0.3) is 5.91 Å². The molecule has 4 nitrogen and oxygen atoms in total. The number of halogens is 1. The maximum atomic E-state index is 13.5. The van der Waals surface area contributed by atoms with Crippen LogP contribution in [-0.4, -0.2) is 29.4 Å². The molecular formula is C11H16FN3OS. The van der Waals surface area contributed by atoms with Crippen LogP contribution in [0.3, 0.4) is 0 Å². The van der Waals surface area contributed by atoms with Gasteiger partial charge < -0.3 is 11.1 Å². The number of rotatable bonds is 5. The van der Waals surface area contributed by atoms with Crippen molar-refractivity contribution >= 4 is 23.5 Å². The van der Waals surface area contributed by atoms with Crippen LogP contribution >= 0.6 is 11.8 Å². The Labute approximate surface area is 104 Å². The fourth-order valence-electron chi connectivity index (χ4n) is 1.34. The van der Waals surface area contributed by atoms with E-state index in [1.165, 1.54) is 12.3 Å². The molecule has 1 aromatic rings. The summed E-state index contributed by atoms with van der Waals surface area (Å²) in [7, 11) is 0. The van der Waals surface area contributed by atoms with Gasteiger partial charge in [-0.1, -0.05) is 6.92 Å². The fraction of sp³-hybridized carbons (Fsp3) is 0.455. The van der Waals surface area contributed by atoms with Crippen molar-refractivity contribution in [3.05, 3.63) is 23.6 Å². The summed E-state index contributed by atoms with van der Waals surface area (Å²) < 4.78 is 13.5. The zero-order valence-corrected chi connectivity index (χ0v) is 10.7. The number of aromatic nitrogens is 1. The quantitative estimate of drug-likeness (QED) is 0.839. The summed E-state index contributed by atoms with van der Waals surface area (Å²) in [5, 5.41) is 2.68. The average molecular weight is 257 g/mol. The van der Waals surface area contributed by atoms with E-state index in [0.717, 1.165) is 5.75 Å². The number of nitrogens with two attached hydrogens (primary N) is 1. The second kappa shape index (κ2) is 6.44. The average Bonchev–Trinajstić information content (AvgIpc) is 2.30. The molecule has 1 amide bonds. The van der Waals surface area contributed by atoms with Crippen molar-refractivity contribution in [2.24, 2.45) is 5.92 Å². The maximum Gasteiger partial charge on any atom is 0.254 e. The van der Waals surface area contributed by atoms with Crippen LogP contribution in [0.5, 0.6) is 0 Å². The summed E-state index contributed by atoms with van der Waals surface area (Å²) in [5.74, 6) is -0.181. The maximum absolute atomic E-state index is 13.5. The molecule has 0 aliphatic heterocycles. The minimum Gasteiger partial charge on any atom is -0.381 e. The Morgan fingerprint density at radius 1 is 1.71 bits per heavy atom. The smallest absolute Gasteiger partial charge is 0.254 e. The lowest BCUT2D eigenvalue weighted by atomic mass is 10.2. The predicted molar refractivity (Wildman–Crippen MR) is 68.5 cm³/mol. The summed E-state index contributed by atoms with van der Waals surface area (Å²) in [5.41, 5.74) is 5.23. The number of pyridine rings is 1. The van der Waals surface area contributed by atoms with Crippen LogP contribution in [0.2, 0.25) is 0 Å². The number of carbonyl (C=O) groups is 1. The molecule has 0 fully saturated rings. The number of anilines is 1. The van der Waals surface area contributed by atoms with Crippen LogP contribution in [0.25, 0.3) is 0 Å². The molecule has 3 N–H and O–H groups in total. The minimum atomic E-state index is -0.762. The lowest BCUT2D eigenvalue weighted by Crippen LogP contribution is -2.30. The van der Waals surface area contributed by atoms with Gasteiger partial charge in [0, 0.05) is 12.7 Å². The number of thioether (sulfide) groups is 1. The molecule has 0 bridgehead atoms. The molecule has 0 saturated heterocycles. The van der Waals surface area contributed by atoms with Gasteiger partial charge >= 0.3 is 0 Å². The number of amides is 1. The molecule has 1 heterocycles. The Morgan fingerprint density at radius 2 is 2.41 bits per heavy atom. The highest BCUT2D eigenvalue weighted by Gasteiger charge is 2.14. The third kappa shape index (κ3) is 3.89. The third-order valence-corrected chi connectivity index (χ3v) is 3.13. The molecule has 0 aromatic carbocycles. The molecular weight excluding hydrogens is 241 g/mol. The monoisotopic (exact) mass is 257 g/mol. The first-order valence-electron chi connectivity index (χ1n) is 5.23. The van der Waals surface area contributed by atoms with E-state index in [-0.39, 0.29) is 11.4 Å². The lowest BCUT2D eigenvalue weighted by molar-refractivity contribution is 0.0945. The molecule has 0 radical (unpaired) electrons. The van der Waals surface area contributed by atoms with Crippen LogP contribution in [0, 0.1) is 11.7 Å². The number of nitrogen functional groups attached to an aromatic ring is 1. The van der Waals surface area contributed by atoms with Crippen molar-refractivity contribution in [3.63, 3.8) is 0 Å². The van der Waals surface area contributed by atoms with Crippen LogP contribution in [0.1, 0.15) is 17.3 Å². The van der Waals surface area contributed by atoms with Gasteiger partial charge in [-0.2, -0.15) is 11.8 Å². The van der Waals surface area contributed by atoms with E-state index < -0.39 is 11.7 Å². The molecule has 6 heteroatoms. The molecule has 1 unspecified atom stereocenters. The lowest BCUT2D eigenvalue weighted by Gasteiger charge is -2.11. The molecule has 1 rings (SSSR count). The molecule has 0 aliphatic rings. The van der Waals surface area contributed by atoms with Gasteiger partial charge in [-0.15, -0.1) is 0 Å². The SMILES string of the molecule is CSCC(C)CNC(=O)c1ccnc(N)c1F. The van der Waals surface area contributed by atoms with Gasteiger partial charge in [-0.3, -0.25) is 4.79 Å². The number of hydrogen-bond donors (Lipinski definition) is 2.